The second-order valence-corrected chi connectivity index (χ2v) is 4.91. The Morgan fingerprint density at radius 1 is 1.28 bits per heavy atom. The molecule has 1 aromatic rings. The molecule has 0 saturated carbocycles. The number of benzene rings is 1. The normalized spacial score (nSPS) is 20.4. The molecule has 1 N–H and O–H groups in total. The topological polar surface area (TPSA) is 30.5 Å². The van der Waals surface area contributed by atoms with Crippen LogP contribution in [0.1, 0.15) is 24.8 Å². The van der Waals surface area contributed by atoms with E-state index in [0.717, 1.165) is 25.4 Å². The van der Waals surface area contributed by atoms with Crippen molar-refractivity contribution in [1.29, 1.82) is 0 Å². The zero-order valence-corrected chi connectivity index (χ0v) is 11.2. The first-order valence-electron chi connectivity index (χ1n) is 6.80. The molecule has 100 valence electrons. The van der Waals surface area contributed by atoms with Crippen molar-refractivity contribution >= 4 is 0 Å². The van der Waals surface area contributed by atoms with Crippen molar-refractivity contribution in [3.8, 4) is 5.75 Å². The van der Waals surface area contributed by atoms with Crippen LogP contribution >= 0.6 is 0 Å². The van der Waals surface area contributed by atoms with Crippen LogP contribution in [0.25, 0.3) is 0 Å². The average Bonchev–Trinajstić information content (AvgIpc) is 2.68. The van der Waals surface area contributed by atoms with Gasteiger partial charge in [0.25, 0.3) is 0 Å². The van der Waals surface area contributed by atoms with Crippen molar-refractivity contribution < 1.29 is 9.47 Å². The monoisotopic (exact) mass is 249 g/mol. The highest BCUT2D eigenvalue weighted by atomic mass is 16.5. The molecule has 1 atom stereocenters. The Hall–Kier alpha value is -1.06. The summed E-state index contributed by atoms with van der Waals surface area (Å²) < 4.78 is 11.0. The van der Waals surface area contributed by atoms with Crippen LogP contribution in [0.3, 0.4) is 0 Å². The molecule has 2 rings (SSSR count). The fourth-order valence-electron chi connectivity index (χ4n) is 2.36. The quantitative estimate of drug-likeness (QED) is 0.870. The summed E-state index contributed by atoms with van der Waals surface area (Å²) in [5.41, 5.74) is 1.18. The van der Waals surface area contributed by atoms with Crippen LogP contribution in [-0.2, 0) is 11.3 Å². The highest BCUT2D eigenvalue weighted by molar-refractivity contribution is 5.27. The molecule has 0 radical (unpaired) electrons. The van der Waals surface area contributed by atoms with Gasteiger partial charge in [-0.3, -0.25) is 0 Å². The van der Waals surface area contributed by atoms with Crippen molar-refractivity contribution in [3.05, 3.63) is 29.8 Å². The lowest BCUT2D eigenvalue weighted by atomic mass is 10.0. The molecule has 0 spiro atoms. The van der Waals surface area contributed by atoms with E-state index in [-0.39, 0.29) is 0 Å². The predicted octanol–water partition coefficient (Wildman–Crippen LogP) is 2.60. The van der Waals surface area contributed by atoms with Gasteiger partial charge in [0.1, 0.15) is 5.75 Å². The van der Waals surface area contributed by atoms with E-state index in [9.17, 15) is 0 Å². The average molecular weight is 249 g/mol. The molecule has 1 aliphatic rings. The fourth-order valence-corrected chi connectivity index (χ4v) is 2.36. The maximum Gasteiger partial charge on any atom is 0.119 e. The summed E-state index contributed by atoms with van der Waals surface area (Å²) in [6.45, 7) is 3.85. The minimum Gasteiger partial charge on any atom is -0.497 e. The number of rotatable bonds is 5. The van der Waals surface area contributed by atoms with Crippen molar-refractivity contribution in [2.24, 2.45) is 5.92 Å². The van der Waals surface area contributed by atoms with Crippen molar-refractivity contribution in [2.75, 3.05) is 26.8 Å². The highest BCUT2D eigenvalue weighted by Gasteiger charge is 2.11. The molecular weight excluding hydrogens is 226 g/mol. The van der Waals surface area contributed by atoms with Gasteiger partial charge >= 0.3 is 0 Å². The third kappa shape index (κ3) is 4.31. The fraction of sp³-hybridized carbons (Fsp3) is 0.600. The summed E-state index contributed by atoms with van der Waals surface area (Å²) in [6.07, 6.45) is 3.79. The Kier molecular flexibility index (Phi) is 5.49. The molecular formula is C15H23NO2. The summed E-state index contributed by atoms with van der Waals surface area (Å²) in [7, 11) is 1.69. The van der Waals surface area contributed by atoms with Gasteiger partial charge < -0.3 is 14.8 Å². The third-order valence-corrected chi connectivity index (χ3v) is 3.45. The molecule has 1 aromatic carbocycles. The van der Waals surface area contributed by atoms with E-state index >= 15 is 0 Å². The van der Waals surface area contributed by atoms with Crippen molar-refractivity contribution in [3.63, 3.8) is 0 Å². The molecule has 0 aromatic heterocycles. The summed E-state index contributed by atoms with van der Waals surface area (Å²) in [5.74, 6) is 1.61. The van der Waals surface area contributed by atoms with E-state index in [1.165, 1.54) is 24.8 Å². The largest absolute Gasteiger partial charge is 0.497 e. The zero-order chi connectivity index (χ0) is 12.6. The zero-order valence-electron chi connectivity index (χ0n) is 11.2. The SMILES string of the molecule is COc1cccc(COCC2CCCNCC2)c1. The minimum atomic E-state index is 0.682. The van der Waals surface area contributed by atoms with E-state index in [1.54, 1.807) is 7.11 Å². The van der Waals surface area contributed by atoms with Crippen LogP contribution in [0, 0.1) is 5.92 Å². The Bertz CT molecular complexity index is 346. The number of hydrogen-bond donors (Lipinski definition) is 1. The maximum absolute atomic E-state index is 5.83. The van der Waals surface area contributed by atoms with Crippen LogP contribution < -0.4 is 10.1 Å². The Balaban J connectivity index is 1.73. The molecule has 3 heteroatoms. The molecule has 1 aliphatic heterocycles. The lowest BCUT2D eigenvalue weighted by molar-refractivity contribution is 0.0828. The number of methoxy groups -OCH3 is 1. The summed E-state index contributed by atoms with van der Waals surface area (Å²) in [4.78, 5) is 0. The van der Waals surface area contributed by atoms with Gasteiger partial charge in [0.05, 0.1) is 13.7 Å². The minimum absolute atomic E-state index is 0.682. The Morgan fingerprint density at radius 3 is 3.11 bits per heavy atom. The van der Waals surface area contributed by atoms with E-state index in [4.69, 9.17) is 9.47 Å². The predicted molar refractivity (Wildman–Crippen MR) is 72.9 cm³/mol. The Labute approximate surface area is 109 Å². The van der Waals surface area contributed by atoms with E-state index in [2.05, 4.69) is 11.4 Å². The summed E-state index contributed by atoms with van der Waals surface area (Å²) in [5, 5.41) is 3.43. The lowest BCUT2D eigenvalue weighted by Gasteiger charge is -2.14. The van der Waals surface area contributed by atoms with E-state index < -0.39 is 0 Å². The Morgan fingerprint density at radius 2 is 2.22 bits per heavy atom. The van der Waals surface area contributed by atoms with Crippen LogP contribution in [0.4, 0.5) is 0 Å². The molecule has 1 heterocycles. The summed E-state index contributed by atoms with van der Waals surface area (Å²) >= 11 is 0. The maximum atomic E-state index is 5.83. The van der Waals surface area contributed by atoms with Gasteiger partial charge in [-0.25, -0.2) is 0 Å². The first-order chi connectivity index (χ1) is 8.88. The standard InChI is InChI=1S/C15H23NO2/c1-17-15-6-2-4-14(10-15)12-18-11-13-5-3-8-16-9-7-13/h2,4,6,10,13,16H,3,5,7-9,11-12H2,1H3. The molecule has 0 bridgehead atoms. The molecule has 0 aliphatic carbocycles. The van der Waals surface area contributed by atoms with Crippen LogP contribution in [0.2, 0.25) is 0 Å². The molecule has 1 saturated heterocycles. The lowest BCUT2D eigenvalue weighted by Crippen LogP contribution is -2.15. The summed E-state index contributed by atoms with van der Waals surface area (Å²) in [6, 6.07) is 8.08. The van der Waals surface area contributed by atoms with E-state index in [1.807, 2.05) is 18.2 Å². The van der Waals surface area contributed by atoms with Gasteiger partial charge in [0.15, 0.2) is 0 Å². The van der Waals surface area contributed by atoms with Crippen LogP contribution in [0.15, 0.2) is 24.3 Å². The first-order valence-corrected chi connectivity index (χ1v) is 6.80. The van der Waals surface area contributed by atoms with Crippen LogP contribution in [0.5, 0.6) is 5.75 Å². The second-order valence-electron chi connectivity index (χ2n) is 4.91. The van der Waals surface area contributed by atoms with Gasteiger partial charge in [0, 0.05) is 6.61 Å². The molecule has 0 amide bonds. The number of ether oxygens (including phenoxy) is 2. The first kappa shape index (κ1) is 13.4. The van der Waals surface area contributed by atoms with Gasteiger partial charge in [0.2, 0.25) is 0 Å². The molecule has 18 heavy (non-hydrogen) atoms. The van der Waals surface area contributed by atoms with Crippen molar-refractivity contribution in [1.82, 2.24) is 5.32 Å². The third-order valence-electron chi connectivity index (χ3n) is 3.45. The van der Waals surface area contributed by atoms with Crippen molar-refractivity contribution in [2.45, 2.75) is 25.9 Å². The van der Waals surface area contributed by atoms with Gasteiger partial charge in [-0.15, -0.1) is 0 Å². The smallest absolute Gasteiger partial charge is 0.119 e. The molecule has 1 fully saturated rings. The number of nitrogens with one attached hydrogen (secondary N) is 1. The highest BCUT2D eigenvalue weighted by Crippen LogP contribution is 2.16. The van der Waals surface area contributed by atoms with Gasteiger partial charge in [-0.05, 0) is 56.0 Å². The number of hydrogen-bond acceptors (Lipinski definition) is 3. The van der Waals surface area contributed by atoms with Gasteiger partial charge in [-0.1, -0.05) is 12.1 Å². The molecule has 3 nitrogen and oxygen atoms in total. The molecule has 1 unspecified atom stereocenters. The second kappa shape index (κ2) is 7.39. The van der Waals surface area contributed by atoms with Crippen LogP contribution in [-0.4, -0.2) is 26.8 Å². The van der Waals surface area contributed by atoms with Gasteiger partial charge in [-0.2, -0.15) is 0 Å². The van der Waals surface area contributed by atoms with E-state index in [0.29, 0.717) is 12.5 Å².